The number of aryl methyl sites for hydroxylation is 2. The van der Waals surface area contributed by atoms with Crippen molar-refractivity contribution in [1.82, 2.24) is 4.57 Å². The lowest BCUT2D eigenvalue weighted by molar-refractivity contribution is 0.103. The molecule has 4 rings (SSSR count). The van der Waals surface area contributed by atoms with Gasteiger partial charge in [-0.05, 0) is 62.7 Å². The molecule has 0 spiro atoms. The van der Waals surface area contributed by atoms with Gasteiger partial charge in [-0.25, -0.2) is 0 Å². The number of hydrogen-bond donors (Lipinski definition) is 1. The Kier molecular flexibility index (Phi) is 4.33. The number of carbonyl (C=O) groups is 1. The number of fused-ring (bicyclic) bond motifs is 3. The van der Waals surface area contributed by atoms with Crippen molar-refractivity contribution < 1.29 is 9.90 Å². The third-order valence-corrected chi connectivity index (χ3v) is 5.23. The molecule has 1 N–H and O–H groups in total. The van der Waals surface area contributed by atoms with E-state index in [4.69, 9.17) is 0 Å². The van der Waals surface area contributed by atoms with E-state index in [2.05, 4.69) is 17.6 Å². The van der Waals surface area contributed by atoms with Crippen LogP contribution in [0, 0.1) is 6.92 Å². The normalized spacial score (nSPS) is 12.6. The Morgan fingerprint density at radius 1 is 0.963 bits per heavy atom. The lowest BCUT2D eigenvalue weighted by Crippen LogP contribution is -2.01. The zero-order chi connectivity index (χ0) is 19.1. The molecular formula is C24H23NO2. The predicted octanol–water partition coefficient (Wildman–Crippen LogP) is 5.41. The van der Waals surface area contributed by atoms with Gasteiger partial charge in [0.1, 0.15) is 0 Å². The third-order valence-electron chi connectivity index (χ3n) is 5.23. The second-order valence-electron chi connectivity index (χ2n) is 7.13. The van der Waals surface area contributed by atoms with Gasteiger partial charge >= 0.3 is 0 Å². The number of aliphatic hydroxyl groups excluding tert-OH is 1. The molecule has 0 saturated heterocycles. The molecule has 0 aliphatic carbocycles. The quantitative estimate of drug-likeness (QED) is 0.496. The second-order valence-corrected chi connectivity index (χ2v) is 7.13. The van der Waals surface area contributed by atoms with Crippen LogP contribution in [-0.2, 0) is 6.54 Å². The molecule has 0 bridgehead atoms. The van der Waals surface area contributed by atoms with Crippen LogP contribution in [0.1, 0.15) is 47.0 Å². The smallest absolute Gasteiger partial charge is 0.193 e. The molecule has 0 aliphatic rings. The van der Waals surface area contributed by atoms with Gasteiger partial charge in [-0.1, -0.05) is 29.8 Å². The van der Waals surface area contributed by atoms with Crippen molar-refractivity contribution in [2.45, 2.75) is 33.4 Å². The van der Waals surface area contributed by atoms with E-state index in [0.29, 0.717) is 11.1 Å². The van der Waals surface area contributed by atoms with Gasteiger partial charge in [0.2, 0.25) is 0 Å². The summed E-state index contributed by atoms with van der Waals surface area (Å²) in [5.41, 5.74) is 5.58. The lowest BCUT2D eigenvalue weighted by Gasteiger charge is -2.06. The Labute approximate surface area is 158 Å². The van der Waals surface area contributed by atoms with Crippen LogP contribution >= 0.6 is 0 Å². The summed E-state index contributed by atoms with van der Waals surface area (Å²) in [6.45, 7) is 6.73. The Morgan fingerprint density at radius 3 is 2.30 bits per heavy atom. The summed E-state index contributed by atoms with van der Waals surface area (Å²) in [6, 6.07) is 19.7. The first-order valence-electron chi connectivity index (χ1n) is 9.35. The van der Waals surface area contributed by atoms with Gasteiger partial charge in [0.25, 0.3) is 0 Å². The van der Waals surface area contributed by atoms with Crippen molar-refractivity contribution in [3.8, 4) is 0 Å². The number of aromatic nitrogens is 1. The first kappa shape index (κ1) is 17.5. The molecule has 1 aromatic heterocycles. The van der Waals surface area contributed by atoms with Crippen LogP contribution in [0.4, 0.5) is 0 Å². The topological polar surface area (TPSA) is 42.2 Å². The van der Waals surface area contributed by atoms with E-state index in [1.54, 1.807) is 6.92 Å². The van der Waals surface area contributed by atoms with Crippen molar-refractivity contribution in [3.63, 3.8) is 0 Å². The molecule has 1 unspecified atom stereocenters. The maximum Gasteiger partial charge on any atom is 0.193 e. The predicted molar refractivity (Wildman–Crippen MR) is 110 cm³/mol. The third kappa shape index (κ3) is 2.94. The standard InChI is InChI=1S/C24H23NO2/c1-4-25-22-10-8-17(16(3)26)13-20(22)21-14-19(9-11-23(21)25)24(27)18-7-5-6-15(2)12-18/h5-14,16,26H,4H2,1-3H3. The van der Waals surface area contributed by atoms with Crippen LogP contribution in [0.25, 0.3) is 21.8 Å². The molecule has 0 fully saturated rings. The molecule has 3 heteroatoms. The van der Waals surface area contributed by atoms with E-state index in [0.717, 1.165) is 39.5 Å². The van der Waals surface area contributed by atoms with Crippen molar-refractivity contribution in [3.05, 3.63) is 82.9 Å². The van der Waals surface area contributed by atoms with E-state index >= 15 is 0 Å². The van der Waals surface area contributed by atoms with Crippen LogP contribution < -0.4 is 0 Å². The summed E-state index contributed by atoms with van der Waals surface area (Å²) in [7, 11) is 0. The average Bonchev–Trinajstić information content (AvgIpc) is 2.99. The number of hydrogen-bond acceptors (Lipinski definition) is 2. The number of aliphatic hydroxyl groups is 1. The molecule has 4 aromatic rings. The zero-order valence-corrected chi connectivity index (χ0v) is 15.9. The van der Waals surface area contributed by atoms with Crippen molar-refractivity contribution in [2.24, 2.45) is 0 Å². The van der Waals surface area contributed by atoms with E-state index in [1.165, 1.54) is 0 Å². The number of rotatable bonds is 4. The number of nitrogens with zero attached hydrogens (tertiary/aromatic N) is 1. The van der Waals surface area contributed by atoms with Gasteiger partial charge in [-0.15, -0.1) is 0 Å². The zero-order valence-electron chi connectivity index (χ0n) is 15.9. The van der Waals surface area contributed by atoms with Gasteiger partial charge < -0.3 is 9.67 Å². The number of ketones is 1. The molecule has 27 heavy (non-hydrogen) atoms. The molecule has 0 amide bonds. The summed E-state index contributed by atoms with van der Waals surface area (Å²) in [4.78, 5) is 13.0. The highest BCUT2D eigenvalue weighted by Gasteiger charge is 2.15. The monoisotopic (exact) mass is 357 g/mol. The van der Waals surface area contributed by atoms with Crippen molar-refractivity contribution in [2.75, 3.05) is 0 Å². The van der Waals surface area contributed by atoms with E-state index in [9.17, 15) is 9.90 Å². The summed E-state index contributed by atoms with van der Waals surface area (Å²) in [5, 5.41) is 12.1. The maximum absolute atomic E-state index is 13.0. The van der Waals surface area contributed by atoms with Crippen LogP contribution in [0.5, 0.6) is 0 Å². The highest BCUT2D eigenvalue weighted by molar-refractivity contribution is 6.14. The molecule has 136 valence electrons. The maximum atomic E-state index is 13.0. The molecule has 3 nitrogen and oxygen atoms in total. The molecule has 3 aromatic carbocycles. The van der Waals surface area contributed by atoms with E-state index in [1.807, 2.05) is 61.5 Å². The number of benzene rings is 3. The summed E-state index contributed by atoms with van der Waals surface area (Å²) >= 11 is 0. The first-order valence-corrected chi connectivity index (χ1v) is 9.35. The Hall–Kier alpha value is -2.91. The minimum absolute atomic E-state index is 0.0321. The van der Waals surface area contributed by atoms with Gasteiger partial charge in [-0.2, -0.15) is 0 Å². The van der Waals surface area contributed by atoms with Gasteiger partial charge in [0, 0.05) is 39.5 Å². The molecular weight excluding hydrogens is 334 g/mol. The van der Waals surface area contributed by atoms with Crippen molar-refractivity contribution in [1.29, 1.82) is 0 Å². The summed E-state index contributed by atoms with van der Waals surface area (Å²) in [5.74, 6) is 0.0321. The van der Waals surface area contributed by atoms with Crippen LogP contribution in [0.2, 0.25) is 0 Å². The van der Waals surface area contributed by atoms with Crippen molar-refractivity contribution >= 4 is 27.6 Å². The molecule has 1 heterocycles. The van der Waals surface area contributed by atoms with Crippen LogP contribution in [0.15, 0.2) is 60.7 Å². The second kappa shape index (κ2) is 6.67. The average molecular weight is 357 g/mol. The minimum Gasteiger partial charge on any atom is -0.389 e. The Morgan fingerprint density at radius 2 is 1.63 bits per heavy atom. The Balaban J connectivity index is 1.94. The van der Waals surface area contributed by atoms with E-state index < -0.39 is 6.10 Å². The van der Waals surface area contributed by atoms with Crippen LogP contribution in [-0.4, -0.2) is 15.5 Å². The van der Waals surface area contributed by atoms with Gasteiger partial charge in [-0.3, -0.25) is 4.79 Å². The fraction of sp³-hybridized carbons (Fsp3) is 0.208. The molecule has 0 aliphatic heterocycles. The highest BCUT2D eigenvalue weighted by atomic mass is 16.3. The number of carbonyl (C=O) groups excluding carboxylic acids is 1. The fourth-order valence-corrected chi connectivity index (χ4v) is 3.82. The lowest BCUT2D eigenvalue weighted by atomic mass is 9.99. The van der Waals surface area contributed by atoms with Gasteiger partial charge in [0.05, 0.1) is 6.10 Å². The molecule has 1 atom stereocenters. The summed E-state index contributed by atoms with van der Waals surface area (Å²) < 4.78 is 2.25. The van der Waals surface area contributed by atoms with E-state index in [-0.39, 0.29) is 5.78 Å². The SMILES string of the molecule is CCn1c2ccc(C(=O)c3cccc(C)c3)cc2c2cc(C(C)O)ccc21. The van der Waals surface area contributed by atoms with Gasteiger partial charge in [0.15, 0.2) is 5.78 Å². The highest BCUT2D eigenvalue weighted by Crippen LogP contribution is 2.32. The molecule has 0 saturated carbocycles. The van der Waals surface area contributed by atoms with Crippen LogP contribution in [0.3, 0.4) is 0 Å². The Bertz CT molecular complexity index is 1170. The molecule has 0 radical (unpaired) electrons. The minimum atomic E-state index is -0.522. The largest absolute Gasteiger partial charge is 0.389 e. The first-order chi connectivity index (χ1) is 13.0. The summed E-state index contributed by atoms with van der Waals surface area (Å²) in [6.07, 6.45) is -0.522. The fourth-order valence-electron chi connectivity index (χ4n) is 3.82.